The number of allylic oxidation sites excluding steroid dienone is 1. The SMILES string of the molecule is N#CC(=CNc1cc(-c2nn[nH]n2)ccc1C(=O)O)c1nn[nH]n1. The average molecular weight is 324 g/mol. The number of hydrogen-bond donors (Lipinski definition) is 4. The molecule has 0 aliphatic carbocycles. The Labute approximate surface area is 133 Å². The van der Waals surface area contributed by atoms with Gasteiger partial charge in [-0.25, -0.2) is 4.79 Å². The Morgan fingerprint density at radius 3 is 2.67 bits per heavy atom. The van der Waals surface area contributed by atoms with Crippen molar-refractivity contribution < 1.29 is 9.90 Å². The third kappa shape index (κ3) is 2.90. The molecule has 0 saturated heterocycles. The van der Waals surface area contributed by atoms with E-state index in [0.717, 1.165) is 0 Å². The molecule has 0 atom stereocenters. The number of aromatic amines is 2. The number of aromatic carboxylic acids is 1. The molecule has 0 amide bonds. The van der Waals surface area contributed by atoms with Crippen molar-refractivity contribution in [3.63, 3.8) is 0 Å². The number of nitrogens with zero attached hydrogens (tertiary/aromatic N) is 7. The number of nitriles is 1. The molecule has 3 aromatic rings. The minimum absolute atomic E-state index is 0.00361. The second-order valence-corrected chi connectivity index (χ2v) is 4.35. The number of aromatic nitrogens is 8. The van der Waals surface area contributed by atoms with Crippen molar-refractivity contribution >= 4 is 17.2 Å². The largest absolute Gasteiger partial charge is 0.478 e. The van der Waals surface area contributed by atoms with Crippen LogP contribution >= 0.6 is 0 Å². The number of H-pyrrole nitrogens is 2. The zero-order valence-electron chi connectivity index (χ0n) is 11.8. The molecule has 12 nitrogen and oxygen atoms in total. The van der Waals surface area contributed by atoms with Crippen LogP contribution in [0, 0.1) is 11.3 Å². The lowest BCUT2D eigenvalue weighted by Crippen LogP contribution is -2.03. The van der Waals surface area contributed by atoms with E-state index in [9.17, 15) is 9.90 Å². The number of hydrogen-bond acceptors (Lipinski definition) is 9. The van der Waals surface area contributed by atoms with Crippen molar-refractivity contribution in [1.29, 1.82) is 5.26 Å². The molecule has 4 N–H and O–H groups in total. The van der Waals surface area contributed by atoms with Crippen LogP contribution in [0.5, 0.6) is 0 Å². The lowest BCUT2D eigenvalue weighted by atomic mass is 10.1. The fourth-order valence-corrected chi connectivity index (χ4v) is 1.85. The summed E-state index contributed by atoms with van der Waals surface area (Å²) in [5.74, 6) is -0.752. The van der Waals surface area contributed by atoms with Crippen molar-refractivity contribution in [2.45, 2.75) is 0 Å². The van der Waals surface area contributed by atoms with Gasteiger partial charge in [-0.1, -0.05) is 6.07 Å². The highest BCUT2D eigenvalue weighted by molar-refractivity contribution is 5.95. The number of rotatable bonds is 5. The monoisotopic (exact) mass is 324 g/mol. The summed E-state index contributed by atoms with van der Waals surface area (Å²) in [5, 5.41) is 47.6. The fraction of sp³-hybridized carbons (Fsp3) is 0. The number of carboxylic acid groups (broad SMARTS) is 1. The molecular formula is C12H8N10O2. The van der Waals surface area contributed by atoms with Gasteiger partial charge in [0.25, 0.3) is 0 Å². The Hall–Kier alpha value is -4.14. The number of tetrazole rings is 2. The second kappa shape index (κ2) is 6.32. The van der Waals surface area contributed by atoms with Gasteiger partial charge in [-0.2, -0.15) is 15.7 Å². The first-order valence-corrected chi connectivity index (χ1v) is 6.41. The molecule has 0 radical (unpaired) electrons. The van der Waals surface area contributed by atoms with Crippen LogP contribution in [0.2, 0.25) is 0 Å². The summed E-state index contributed by atoms with van der Waals surface area (Å²) in [6, 6.07) is 6.36. The Morgan fingerprint density at radius 1 is 1.25 bits per heavy atom. The third-order valence-corrected chi connectivity index (χ3v) is 2.93. The predicted octanol–water partition coefficient (Wildman–Crippen LogP) is 0.0546. The van der Waals surface area contributed by atoms with Crippen molar-refractivity contribution in [1.82, 2.24) is 41.2 Å². The van der Waals surface area contributed by atoms with Crippen LogP contribution in [0.1, 0.15) is 16.2 Å². The molecule has 0 fully saturated rings. The van der Waals surface area contributed by atoms with Crippen molar-refractivity contribution in [3.8, 4) is 17.5 Å². The molecule has 0 aliphatic heterocycles. The standard InChI is InChI=1S/C12H8N10O2/c13-4-7(11-17-21-22-18-11)5-14-9-3-6(10-15-19-20-16-10)1-2-8(9)12(23)24/h1-3,5,14H,(H,23,24)(H,15,16,19,20)(H,17,18,21,22). The lowest BCUT2D eigenvalue weighted by molar-refractivity contribution is 0.0698. The van der Waals surface area contributed by atoms with Crippen LogP contribution < -0.4 is 5.32 Å². The van der Waals surface area contributed by atoms with Gasteiger partial charge in [0.1, 0.15) is 11.6 Å². The van der Waals surface area contributed by atoms with Gasteiger partial charge in [0.05, 0.1) is 11.3 Å². The van der Waals surface area contributed by atoms with E-state index in [2.05, 4.69) is 46.6 Å². The van der Waals surface area contributed by atoms with Gasteiger partial charge in [-0.15, -0.1) is 20.4 Å². The van der Waals surface area contributed by atoms with Crippen LogP contribution in [-0.4, -0.2) is 52.3 Å². The number of anilines is 1. The predicted molar refractivity (Wildman–Crippen MR) is 78.0 cm³/mol. The first kappa shape index (κ1) is 14.8. The minimum atomic E-state index is -1.14. The van der Waals surface area contributed by atoms with Gasteiger partial charge in [0, 0.05) is 11.8 Å². The van der Waals surface area contributed by atoms with Crippen molar-refractivity contribution in [2.24, 2.45) is 0 Å². The van der Waals surface area contributed by atoms with E-state index in [-0.39, 0.29) is 22.6 Å². The topological polar surface area (TPSA) is 182 Å². The highest BCUT2D eigenvalue weighted by Crippen LogP contribution is 2.24. The summed E-state index contributed by atoms with van der Waals surface area (Å²) in [4.78, 5) is 11.3. The molecule has 0 aliphatic rings. The maximum atomic E-state index is 11.3. The fourth-order valence-electron chi connectivity index (χ4n) is 1.85. The maximum absolute atomic E-state index is 11.3. The molecule has 0 saturated carbocycles. The highest BCUT2D eigenvalue weighted by atomic mass is 16.4. The first-order chi connectivity index (χ1) is 11.7. The summed E-state index contributed by atoms with van der Waals surface area (Å²) >= 11 is 0. The Balaban J connectivity index is 1.97. The van der Waals surface area contributed by atoms with E-state index in [1.807, 2.05) is 6.07 Å². The molecule has 0 unspecified atom stereocenters. The molecule has 1 aromatic carbocycles. The van der Waals surface area contributed by atoms with Crippen molar-refractivity contribution in [3.05, 3.63) is 35.8 Å². The van der Waals surface area contributed by atoms with Gasteiger partial charge >= 0.3 is 5.97 Å². The summed E-state index contributed by atoms with van der Waals surface area (Å²) in [7, 11) is 0. The van der Waals surface area contributed by atoms with Crippen LogP contribution in [-0.2, 0) is 0 Å². The minimum Gasteiger partial charge on any atom is -0.478 e. The van der Waals surface area contributed by atoms with E-state index in [1.165, 1.54) is 18.3 Å². The Bertz CT molecular complexity index is 923. The summed E-state index contributed by atoms with van der Waals surface area (Å²) in [6.07, 6.45) is 1.28. The molecule has 0 spiro atoms. The average Bonchev–Trinajstić information content (AvgIpc) is 3.29. The van der Waals surface area contributed by atoms with Gasteiger partial charge in [0.15, 0.2) is 0 Å². The Kier molecular flexibility index (Phi) is 3.89. The van der Waals surface area contributed by atoms with E-state index in [0.29, 0.717) is 11.4 Å². The van der Waals surface area contributed by atoms with Crippen LogP contribution in [0.3, 0.4) is 0 Å². The quantitative estimate of drug-likeness (QED) is 0.468. The van der Waals surface area contributed by atoms with Crippen LogP contribution in [0.15, 0.2) is 24.4 Å². The normalized spacial score (nSPS) is 11.0. The zero-order chi connectivity index (χ0) is 16.9. The highest BCUT2D eigenvalue weighted by Gasteiger charge is 2.13. The summed E-state index contributed by atoms with van der Waals surface area (Å²) in [6.45, 7) is 0. The number of carboxylic acids is 1. The van der Waals surface area contributed by atoms with Gasteiger partial charge in [-0.05, 0) is 22.6 Å². The van der Waals surface area contributed by atoms with E-state index in [1.54, 1.807) is 6.07 Å². The molecular weight excluding hydrogens is 316 g/mol. The van der Waals surface area contributed by atoms with Gasteiger partial charge in [0.2, 0.25) is 11.6 Å². The van der Waals surface area contributed by atoms with E-state index >= 15 is 0 Å². The van der Waals surface area contributed by atoms with E-state index in [4.69, 9.17) is 5.26 Å². The number of nitrogens with one attached hydrogen (secondary N) is 3. The molecule has 118 valence electrons. The van der Waals surface area contributed by atoms with Crippen LogP contribution in [0.4, 0.5) is 5.69 Å². The second-order valence-electron chi connectivity index (χ2n) is 4.35. The molecule has 3 rings (SSSR count). The smallest absolute Gasteiger partial charge is 0.337 e. The lowest BCUT2D eigenvalue weighted by Gasteiger charge is -2.07. The maximum Gasteiger partial charge on any atom is 0.337 e. The summed E-state index contributed by atoms with van der Waals surface area (Å²) in [5.41, 5.74) is 0.859. The van der Waals surface area contributed by atoms with Gasteiger partial charge in [-0.3, -0.25) is 0 Å². The summed E-state index contributed by atoms with van der Waals surface area (Å²) < 4.78 is 0. The molecule has 2 heterocycles. The van der Waals surface area contributed by atoms with Gasteiger partial charge < -0.3 is 10.4 Å². The van der Waals surface area contributed by atoms with Crippen LogP contribution in [0.25, 0.3) is 17.0 Å². The number of benzene rings is 1. The molecule has 2 aromatic heterocycles. The zero-order valence-corrected chi connectivity index (χ0v) is 11.8. The molecule has 24 heavy (non-hydrogen) atoms. The first-order valence-electron chi connectivity index (χ1n) is 6.41. The molecule has 12 heteroatoms. The number of carbonyl (C=O) groups is 1. The third-order valence-electron chi connectivity index (χ3n) is 2.93. The Morgan fingerprint density at radius 2 is 2.04 bits per heavy atom. The van der Waals surface area contributed by atoms with E-state index < -0.39 is 5.97 Å². The van der Waals surface area contributed by atoms with Crippen molar-refractivity contribution in [2.75, 3.05) is 5.32 Å². The molecule has 0 bridgehead atoms.